The molecule has 1 aliphatic heterocycles. The van der Waals surface area contributed by atoms with Crippen LogP contribution in [0, 0.1) is 0 Å². The van der Waals surface area contributed by atoms with Crippen LogP contribution in [0.3, 0.4) is 0 Å². The predicted octanol–water partition coefficient (Wildman–Crippen LogP) is -0.259. The summed E-state index contributed by atoms with van der Waals surface area (Å²) < 4.78 is 0. The van der Waals surface area contributed by atoms with Crippen molar-refractivity contribution in [3.05, 3.63) is 22.0 Å². The van der Waals surface area contributed by atoms with Crippen molar-refractivity contribution in [2.24, 2.45) is 0 Å². The molecule has 0 N–H and O–H groups in total. The van der Waals surface area contributed by atoms with E-state index >= 15 is 0 Å². The number of rotatable bonds is 0. The minimum Gasteiger partial charge on any atom is 1.00 e. The Kier molecular flexibility index (Phi) is 4.95. The number of hydrogen-bond acceptors (Lipinski definition) is 0. The van der Waals surface area contributed by atoms with Crippen molar-refractivity contribution in [2.45, 2.75) is 40.4 Å². The van der Waals surface area contributed by atoms with Crippen LogP contribution in [0.25, 0.3) is 0 Å². The molecule has 0 radical (unpaired) electrons. The third kappa shape index (κ3) is 2.69. The smallest absolute Gasteiger partial charge is 1.00 e. The fraction of sp³-hybridized carbons (Fsp3) is 0.600. The molecular formula is C10H21NaSi2. The van der Waals surface area contributed by atoms with E-state index < -0.39 is 15.9 Å². The molecule has 0 aromatic carbocycles. The molecule has 0 spiro atoms. The van der Waals surface area contributed by atoms with Gasteiger partial charge in [-0.2, -0.15) is 0 Å². The first-order chi connectivity index (χ1) is 5.36. The van der Waals surface area contributed by atoms with Gasteiger partial charge in [0.2, 0.25) is 0 Å². The molecule has 1 unspecified atom stereocenters. The largest absolute Gasteiger partial charge is 1.00 e. The van der Waals surface area contributed by atoms with Crippen molar-refractivity contribution in [1.82, 2.24) is 0 Å². The van der Waals surface area contributed by atoms with E-state index in [9.17, 15) is 0 Å². The Hall–Kier alpha value is 0.914. The topological polar surface area (TPSA) is 0 Å². The van der Waals surface area contributed by atoms with Crippen molar-refractivity contribution in [3.63, 3.8) is 0 Å². The van der Waals surface area contributed by atoms with E-state index in [1.54, 1.807) is 16.3 Å². The average Bonchev–Trinajstić information content (AvgIpc) is 1.97. The monoisotopic (exact) mass is 220 g/mol. The van der Waals surface area contributed by atoms with E-state index in [0.717, 1.165) is 0 Å². The molecule has 0 bridgehead atoms. The van der Waals surface area contributed by atoms with Crippen LogP contribution < -0.4 is 29.6 Å². The molecule has 1 aliphatic rings. The Morgan fingerprint density at radius 1 is 1.15 bits per heavy atom. The van der Waals surface area contributed by atoms with Crippen LogP contribution in [-0.4, -0.2) is 15.9 Å². The third-order valence-corrected chi connectivity index (χ3v) is 19.4. The van der Waals surface area contributed by atoms with Gasteiger partial charge in [0.25, 0.3) is 0 Å². The summed E-state index contributed by atoms with van der Waals surface area (Å²) in [5.41, 5.74) is 5.79. The summed E-state index contributed by atoms with van der Waals surface area (Å²) in [5, 5.41) is 1.77. The van der Waals surface area contributed by atoms with Gasteiger partial charge in [-0.1, -0.05) is 0 Å². The maximum Gasteiger partial charge on any atom is 1.00 e. The van der Waals surface area contributed by atoms with Crippen molar-refractivity contribution in [2.75, 3.05) is 0 Å². The maximum atomic E-state index is 2.63. The van der Waals surface area contributed by atoms with Crippen LogP contribution in [-0.2, 0) is 0 Å². The molecule has 70 valence electrons. The standard InChI is InChI=1S/C10H21Si2.Na/c1-8-7-12(5,6)11(4)10(3)9(8)2;/h7,11-12H,1-6H3;/q-1;+1. The first kappa shape index (κ1) is 13.9. The van der Waals surface area contributed by atoms with Crippen molar-refractivity contribution < 1.29 is 29.6 Å². The van der Waals surface area contributed by atoms with Crippen molar-refractivity contribution >= 4 is 15.9 Å². The molecule has 0 fully saturated rings. The van der Waals surface area contributed by atoms with Crippen LogP contribution in [0.4, 0.5) is 0 Å². The Labute approximate surface area is 107 Å². The fourth-order valence-corrected chi connectivity index (χ4v) is 12.6. The Balaban J connectivity index is 0.00000144. The summed E-state index contributed by atoms with van der Waals surface area (Å²) >= 11 is 0. The Morgan fingerprint density at radius 3 is 2.08 bits per heavy atom. The molecule has 0 aromatic heterocycles. The molecule has 1 atom stereocenters. The summed E-state index contributed by atoms with van der Waals surface area (Å²) in [7, 11) is -1.75. The van der Waals surface area contributed by atoms with Crippen LogP contribution in [0.2, 0.25) is 19.6 Å². The maximum absolute atomic E-state index is 2.63. The number of hydrogen-bond donors (Lipinski definition) is 0. The number of allylic oxidation sites excluding steroid dienone is 3. The van der Waals surface area contributed by atoms with Gasteiger partial charge in [0.1, 0.15) is 0 Å². The van der Waals surface area contributed by atoms with Crippen LogP contribution in [0.5, 0.6) is 0 Å². The Morgan fingerprint density at radius 2 is 1.62 bits per heavy atom. The van der Waals surface area contributed by atoms with Gasteiger partial charge in [0, 0.05) is 0 Å². The minimum atomic E-state index is -1.23. The summed E-state index contributed by atoms with van der Waals surface area (Å²) in [6.07, 6.45) is 0. The van der Waals surface area contributed by atoms with Crippen LogP contribution >= 0.6 is 0 Å². The van der Waals surface area contributed by atoms with Gasteiger partial charge in [-0.3, -0.25) is 0 Å². The van der Waals surface area contributed by atoms with E-state index in [1.807, 2.05) is 0 Å². The molecule has 1 rings (SSSR count). The zero-order valence-electron chi connectivity index (χ0n) is 10.2. The SMILES string of the molecule is CC1=C[SiH-](C)(C)[SiH](C)C(C)=C1C.[Na+]. The van der Waals surface area contributed by atoms with Gasteiger partial charge >= 0.3 is 108 Å². The van der Waals surface area contributed by atoms with E-state index in [4.69, 9.17) is 0 Å². The molecule has 0 aromatic rings. The van der Waals surface area contributed by atoms with Gasteiger partial charge in [0.15, 0.2) is 0 Å². The van der Waals surface area contributed by atoms with Gasteiger partial charge in [0.05, 0.1) is 0 Å². The minimum absolute atomic E-state index is 0. The first-order valence-corrected chi connectivity index (χ1v) is 12.4. The molecule has 0 amide bonds. The molecule has 13 heavy (non-hydrogen) atoms. The summed E-state index contributed by atoms with van der Waals surface area (Å²) in [6, 6.07) is 0. The Bertz CT molecular complexity index is 264. The molecule has 0 aliphatic carbocycles. The summed E-state index contributed by atoms with van der Waals surface area (Å²) in [4.78, 5) is 0. The molecule has 1 heterocycles. The molecule has 0 saturated carbocycles. The molecule has 0 nitrogen and oxygen atoms in total. The predicted molar refractivity (Wildman–Crippen MR) is 64.0 cm³/mol. The molecule has 3 heteroatoms. The summed E-state index contributed by atoms with van der Waals surface area (Å²) in [6.45, 7) is 14.6. The third-order valence-electron chi connectivity index (χ3n) is 3.83. The van der Waals surface area contributed by atoms with Crippen LogP contribution in [0.15, 0.2) is 22.0 Å². The normalized spacial score (nSPS) is 29.1. The zero-order chi connectivity index (χ0) is 9.52. The fourth-order valence-electron chi connectivity index (χ4n) is 2.21. The zero-order valence-corrected chi connectivity index (χ0v) is 14.5. The van der Waals surface area contributed by atoms with Crippen molar-refractivity contribution in [3.8, 4) is 0 Å². The van der Waals surface area contributed by atoms with Gasteiger partial charge < -0.3 is 0 Å². The first-order valence-electron chi connectivity index (χ1n) is 4.98. The van der Waals surface area contributed by atoms with Gasteiger partial charge in [-0.05, 0) is 0 Å². The van der Waals surface area contributed by atoms with E-state index in [2.05, 4.69) is 46.1 Å². The van der Waals surface area contributed by atoms with E-state index in [-0.39, 0.29) is 29.6 Å². The molecule has 0 saturated heterocycles. The van der Waals surface area contributed by atoms with E-state index in [1.165, 1.54) is 0 Å². The summed E-state index contributed by atoms with van der Waals surface area (Å²) in [5.74, 6) is 0. The second kappa shape index (κ2) is 4.62. The second-order valence-corrected chi connectivity index (χ2v) is 20.2. The quantitative estimate of drug-likeness (QED) is 0.494. The van der Waals surface area contributed by atoms with Gasteiger partial charge in [-0.25, -0.2) is 0 Å². The van der Waals surface area contributed by atoms with Gasteiger partial charge in [-0.15, -0.1) is 0 Å². The molecular weight excluding hydrogens is 199 g/mol. The average molecular weight is 220 g/mol. The van der Waals surface area contributed by atoms with Crippen LogP contribution in [0.1, 0.15) is 20.8 Å². The second-order valence-electron chi connectivity index (χ2n) is 5.05. The van der Waals surface area contributed by atoms with E-state index in [0.29, 0.717) is 0 Å². The van der Waals surface area contributed by atoms with Crippen molar-refractivity contribution in [1.29, 1.82) is 0 Å².